The molecule has 0 aliphatic rings. The van der Waals surface area contributed by atoms with Crippen LogP contribution in [-0.4, -0.2) is 28.2 Å². The molecule has 0 saturated heterocycles. The maximum absolute atomic E-state index is 12.0. The van der Waals surface area contributed by atoms with Gasteiger partial charge in [0, 0.05) is 0 Å². The van der Waals surface area contributed by atoms with Gasteiger partial charge < -0.3 is 14.8 Å². The topological polar surface area (TPSA) is 92.3 Å². The lowest BCUT2D eigenvalue weighted by atomic mass is 9.92. The first-order chi connectivity index (χ1) is 10.7. The lowest BCUT2D eigenvalue weighted by Crippen LogP contribution is -2.22. The third-order valence-electron chi connectivity index (χ3n) is 3.55. The molecule has 2 aromatic rings. The monoisotopic (exact) mass is 316 g/mol. The van der Waals surface area contributed by atoms with Crippen molar-refractivity contribution in [2.24, 2.45) is 5.41 Å². The number of esters is 1. The van der Waals surface area contributed by atoms with Crippen LogP contribution in [0.15, 0.2) is 29.1 Å². The molecule has 2 rings (SSSR count). The number of nitrogens with one attached hydrogen (secondary N) is 1. The number of H-pyrrole nitrogens is 1. The number of ether oxygens (including phenoxy) is 1. The summed E-state index contributed by atoms with van der Waals surface area (Å²) < 4.78 is 4.76. The standard InChI is InChI=1S/C17H20N2O4/c1-10(20)14-18-13-9-11(5-6-12(13)15(21)19-14)7-8-17(2,3)16(22)23-4/h5-10,20H,1-4H3,(H,18,19,21)/b8-7+/t10-/m1/s1. The van der Waals surface area contributed by atoms with E-state index in [0.29, 0.717) is 10.9 Å². The Balaban J connectivity index is 2.44. The number of aromatic nitrogens is 2. The minimum atomic E-state index is -0.857. The van der Waals surface area contributed by atoms with Crippen molar-refractivity contribution in [2.45, 2.75) is 26.9 Å². The van der Waals surface area contributed by atoms with E-state index in [1.807, 2.05) is 0 Å². The number of hydrogen-bond donors (Lipinski definition) is 2. The van der Waals surface area contributed by atoms with Gasteiger partial charge in [-0.25, -0.2) is 4.98 Å². The van der Waals surface area contributed by atoms with E-state index in [1.165, 1.54) is 14.0 Å². The maximum atomic E-state index is 12.0. The second-order valence-electron chi connectivity index (χ2n) is 5.95. The highest BCUT2D eigenvalue weighted by Crippen LogP contribution is 2.21. The van der Waals surface area contributed by atoms with Crippen molar-refractivity contribution in [3.05, 3.63) is 46.0 Å². The second-order valence-corrected chi connectivity index (χ2v) is 5.95. The molecule has 0 amide bonds. The second kappa shape index (κ2) is 6.34. The fourth-order valence-corrected chi connectivity index (χ4v) is 2.11. The Morgan fingerprint density at radius 1 is 1.43 bits per heavy atom. The van der Waals surface area contributed by atoms with E-state index in [0.717, 1.165) is 5.56 Å². The Morgan fingerprint density at radius 3 is 2.74 bits per heavy atom. The van der Waals surface area contributed by atoms with Crippen LogP contribution in [0.3, 0.4) is 0 Å². The predicted octanol–water partition coefficient (Wildman–Crippen LogP) is 2.19. The number of fused-ring (bicyclic) bond motifs is 1. The molecule has 1 aromatic heterocycles. The third kappa shape index (κ3) is 3.65. The van der Waals surface area contributed by atoms with E-state index in [9.17, 15) is 14.7 Å². The molecular formula is C17H20N2O4. The van der Waals surface area contributed by atoms with Gasteiger partial charge in [-0.1, -0.05) is 18.2 Å². The van der Waals surface area contributed by atoms with Crippen molar-refractivity contribution in [1.82, 2.24) is 9.97 Å². The third-order valence-corrected chi connectivity index (χ3v) is 3.55. The van der Waals surface area contributed by atoms with Crippen molar-refractivity contribution in [3.8, 4) is 0 Å². The molecule has 0 saturated carbocycles. The molecule has 23 heavy (non-hydrogen) atoms. The van der Waals surface area contributed by atoms with Crippen LogP contribution in [0.1, 0.15) is 38.3 Å². The minimum Gasteiger partial charge on any atom is -0.468 e. The summed E-state index contributed by atoms with van der Waals surface area (Å²) in [6.45, 7) is 5.04. The van der Waals surface area contributed by atoms with Gasteiger partial charge in [-0.15, -0.1) is 0 Å². The zero-order valence-corrected chi connectivity index (χ0v) is 13.6. The molecule has 6 heteroatoms. The van der Waals surface area contributed by atoms with E-state index >= 15 is 0 Å². The molecule has 0 radical (unpaired) electrons. The minimum absolute atomic E-state index is 0.221. The molecule has 1 aromatic carbocycles. The Labute approximate surface area is 133 Å². The van der Waals surface area contributed by atoms with Crippen LogP contribution in [0.4, 0.5) is 0 Å². The van der Waals surface area contributed by atoms with Gasteiger partial charge in [-0.05, 0) is 38.5 Å². The Morgan fingerprint density at radius 2 is 2.13 bits per heavy atom. The van der Waals surface area contributed by atoms with Crippen molar-refractivity contribution in [1.29, 1.82) is 0 Å². The van der Waals surface area contributed by atoms with E-state index in [1.54, 1.807) is 44.2 Å². The van der Waals surface area contributed by atoms with E-state index < -0.39 is 11.5 Å². The van der Waals surface area contributed by atoms with E-state index in [-0.39, 0.29) is 17.4 Å². The van der Waals surface area contributed by atoms with Crippen molar-refractivity contribution < 1.29 is 14.6 Å². The normalized spacial score (nSPS) is 13.4. The van der Waals surface area contributed by atoms with Gasteiger partial charge >= 0.3 is 5.97 Å². The van der Waals surface area contributed by atoms with E-state index in [4.69, 9.17) is 4.74 Å². The van der Waals surface area contributed by atoms with Crippen LogP contribution < -0.4 is 5.56 Å². The number of benzene rings is 1. The average Bonchev–Trinajstić information content (AvgIpc) is 2.51. The number of aliphatic hydroxyl groups excluding tert-OH is 1. The molecule has 0 aliphatic carbocycles. The molecule has 122 valence electrons. The predicted molar refractivity (Wildman–Crippen MR) is 87.8 cm³/mol. The molecule has 1 atom stereocenters. The zero-order chi connectivity index (χ0) is 17.2. The molecule has 0 unspecified atom stereocenters. The van der Waals surface area contributed by atoms with Crippen LogP contribution in [0.2, 0.25) is 0 Å². The van der Waals surface area contributed by atoms with Gasteiger partial charge in [0.15, 0.2) is 0 Å². The first kappa shape index (κ1) is 16.9. The molecule has 1 heterocycles. The highest BCUT2D eigenvalue weighted by Gasteiger charge is 2.25. The SMILES string of the molecule is COC(=O)C(C)(C)/C=C/c1ccc2c(=O)[nH]c([C@@H](C)O)nc2c1. The summed E-state index contributed by atoms with van der Waals surface area (Å²) in [4.78, 5) is 30.5. The highest BCUT2D eigenvalue weighted by atomic mass is 16.5. The molecule has 0 fully saturated rings. The van der Waals surface area contributed by atoms with Gasteiger partial charge in [0.25, 0.3) is 5.56 Å². The summed E-state index contributed by atoms with van der Waals surface area (Å²) in [6, 6.07) is 5.17. The first-order valence-corrected chi connectivity index (χ1v) is 7.24. The van der Waals surface area contributed by atoms with Gasteiger partial charge in [0.05, 0.1) is 23.4 Å². The van der Waals surface area contributed by atoms with Crippen molar-refractivity contribution in [2.75, 3.05) is 7.11 Å². The van der Waals surface area contributed by atoms with Crippen LogP contribution in [0, 0.1) is 5.41 Å². The molecular weight excluding hydrogens is 296 g/mol. The number of hydrogen-bond acceptors (Lipinski definition) is 5. The molecule has 2 N–H and O–H groups in total. The van der Waals surface area contributed by atoms with Crippen LogP contribution in [-0.2, 0) is 9.53 Å². The Hall–Kier alpha value is -2.47. The number of aromatic amines is 1. The summed E-state index contributed by atoms with van der Waals surface area (Å²) in [5.41, 5.74) is 0.235. The molecule has 0 aliphatic heterocycles. The maximum Gasteiger partial charge on any atom is 0.315 e. The lowest BCUT2D eigenvalue weighted by Gasteiger charge is -2.16. The fraction of sp³-hybridized carbons (Fsp3) is 0.353. The number of carbonyl (C=O) groups excluding carboxylic acids is 1. The average molecular weight is 316 g/mol. The van der Waals surface area contributed by atoms with Crippen molar-refractivity contribution >= 4 is 22.9 Å². The van der Waals surface area contributed by atoms with Crippen molar-refractivity contribution in [3.63, 3.8) is 0 Å². The van der Waals surface area contributed by atoms with Crippen LogP contribution >= 0.6 is 0 Å². The van der Waals surface area contributed by atoms with Crippen LogP contribution in [0.5, 0.6) is 0 Å². The Kier molecular flexibility index (Phi) is 4.65. The van der Waals surface area contributed by atoms with Gasteiger partial charge in [-0.3, -0.25) is 9.59 Å². The largest absolute Gasteiger partial charge is 0.468 e. The summed E-state index contributed by atoms with van der Waals surface area (Å²) in [7, 11) is 1.35. The number of nitrogens with zero attached hydrogens (tertiary/aromatic N) is 1. The summed E-state index contributed by atoms with van der Waals surface area (Å²) in [6.07, 6.45) is 2.66. The summed E-state index contributed by atoms with van der Waals surface area (Å²) in [5.74, 6) is -0.112. The van der Waals surface area contributed by atoms with Crippen LogP contribution in [0.25, 0.3) is 17.0 Å². The lowest BCUT2D eigenvalue weighted by molar-refractivity contribution is -0.148. The number of rotatable bonds is 4. The zero-order valence-electron chi connectivity index (χ0n) is 13.6. The first-order valence-electron chi connectivity index (χ1n) is 7.24. The van der Waals surface area contributed by atoms with Gasteiger partial charge in [-0.2, -0.15) is 0 Å². The highest BCUT2D eigenvalue weighted by molar-refractivity contribution is 5.82. The Bertz CT molecular complexity index is 819. The summed E-state index contributed by atoms with van der Waals surface area (Å²) in [5, 5.41) is 10.0. The smallest absolute Gasteiger partial charge is 0.315 e. The number of carbonyl (C=O) groups is 1. The van der Waals surface area contributed by atoms with E-state index in [2.05, 4.69) is 9.97 Å². The molecule has 0 spiro atoms. The summed E-state index contributed by atoms with van der Waals surface area (Å²) >= 11 is 0. The van der Waals surface area contributed by atoms with Gasteiger partial charge in [0.1, 0.15) is 11.9 Å². The quantitative estimate of drug-likeness (QED) is 0.844. The number of aliphatic hydroxyl groups is 1. The molecule has 6 nitrogen and oxygen atoms in total. The number of methoxy groups -OCH3 is 1. The van der Waals surface area contributed by atoms with Gasteiger partial charge in [0.2, 0.25) is 0 Å². The molecule has 0 bridgehead atoms. The fourth-order valence-electron chi connectivity index (χ4n) is 2.11.